The second-order valence-corrected chi connectivity index (χ2v) is 7.68. The minimum Gasteiger partial charge on any atom is -0.385 e. The number of anilines is 1. The molecule has 2 aromatic heterocycles. The van der Waals surface area contributed by atoms with E-state index in [1.54, 1.807) is 42.0 Å². The van der Waals surface area contributed by atoms with Crippen molar-refractivity contribution in [3.63, 3.8) is 0 Å². The molecule has 2 heterocycles. The third-order valence-corrected chi connectivity index (χ3v) is 5.46. The molecule has 4 N–H and O–H groups in total. The summed E-state index contributed by atoms with van der Waals surface area (Å²) in [6.45, 7) is 1.90. The molecule has 1 aromatic carbocycles. The number of nitrogens with zero attached hydrogens (tertiary/aromatic N) is 5. The number of nitrogens with one attached hydrogen (secondary N) is 2. The fourth-order valence-corrected chi connectivity index (χ4v) is 3.50. The number of rotatable bonds is 7. The molecule has 0 saturated heterocycles. The van der Waals surface area contributed by atoms with Crippen molar-refractivity contribution in [1.29, 1.82) is 10.8 Å². The topological polar surface area (TPSA) is 146 Å². The molecule has 166 valence electrons. The molecule has 0 unspecified atom stereocenters. The van der Waals surface area contributed by atoms with Crippen LogP contribution in [0, 0.1) is 29.6 Å². The van der Waals surface area contributed by atoms with Crippen molar-refractivity contribution in [3.8, 4) is 17.5 Å². The average Bonchev–Trinajstić information content (AvgIpc) is 3.65. The fraction of sp³-hybridized carbons (Fsp3) is 0.217. The number of nitrogen functional groups attached to an aromatic ring is 1. The Balaban J connectivity index is 1.65. The average molecular weight is 444 g/mol. The summed E-state index contributed by atoms with van der Waals surface area (Å²) < 4.78 is 16.5. The van der Waals surface area contributed by atoms with Crippen LogP contribution in [-0.4, -0.2) is 14.5 Å². The van der Waals surface area contributed by atoms with Crippen molar-refractivity contribution < 1.29 is 4.39 Å². The highest BCUT2D eigenvalue weighted by Crippen LogP contribution is 2.33. The third-order valence-electron chi connectivity index (χ3n) is 5.46. The number of nitrogens with two attached hydrogens (primary N) is 1. The predicted octanol–water partition coefficient (Wildman–Crippen LogP) is 3.66. The minimum atomic E-state index is -0.910. The standard InChI is InChI=1S/C23H21FN8O/c1-13-14(10-25)4-2-6-17(13)22-29-20(19(24)21(26)30-22)18(31-27)12-28-11-15-5-3-9-32(23(15)33)16-7-8-16/h2-6,9,12,16,27-28H,7-8,11H2,1H3,(H2,26,29,30)/b18-12-,31-27?. The Morgan fingerprint density at radius 3 is 2.88 bits per heavy atom. The summed E-state index contributed by atoms with van der Waals surface area (Å²) in [4.78, 5) is 20.8. The molecule has 1 fully saturated rings. The monoisotopic (exact) mass is 444 g/mol. The molecule has 0 spiro atoms. The van der Waals surface area contributed by atoms with E-state index in [4.69, 9.17) is 11.3 Å². The van der Waals surface area contributed by atoms with Gasteiger partial charge in [0, 0.05) is 36.1 Å². The van der Waals surface area contributed by atoms with Crippen molar-refractivity contribution in [2.45, 2.75) is 32.4 Å². The highest BCUT2D eigenvalue weighted by molar-refractivity contribution is 5.69. The lowest BCUT2D eigenvalue weighted by molar-refractivity contribution is 0.614. The smallest absolute Gasteiger partial charge is 0.255 e. The van der Waals surface area contributed by atoms with E-state index in [1.165, 1.54) is 6.20 Å². The van der Waals surface area contributed by atoms with Gasteiger partial charge in [0.2, 0.25) is 0 Å². The van der Waals surface area contributed by atoms with Crippen LogP contribution in [0.1, 0.15) is 41.3 Å². The van der Waals surface area contributed by atoms with E-state index in [0.29, 0.717) is 22.3 Å². The first-order valence-electron chi connectivity index (χ1n) is 10.3. The lowest BCUT2D eigenvalue weighted by Gasteiger charge is -2.11. The van der Waals surface area contributed by atoms with Gasteiger partial charge in [-0.25, -0.2) is 19.9 Å². The van der Waals surface area contributed by atoms with E-state index in [-0.39, 0.29) is 35.4 Å². The number of nitriles is 1. The lowest BCUT2D eigenvalue weighted by atomic mass is 10.0. The highest BCUT2D eigenvalue weighted by atomic mass is 19.1. The molecule has 0 bridgehead atoms. The molecule has 1 saturated carbocycles. The van der Waals surface area contributed by atoms with E-state index in [0.717, 1.165) is 12.8 Å². The Morgan fingerprint density at radius 1 is 1.39 bits per heavy atom. The summed E-state index contributed by atoms with van der Waals surface area (Å²) in [5.41, 5.74) is 14.9. The van der Waals surface area contributed by atoms with E-state index in [2.05, 4.69) is 26.5 Å². The van der Waals surface area contributed by atoms with Gasteiger partial charge < -0.3 is 15.6 Å². The number of benzene rings is 1. The maximum Gasteiger partial charge on any atom is 0.255 e. The first kappa shape index (κ1) is 21.8. The van der Waals surface area contributed by atoms with Gasteiger partial charge in [0.15, 0.2) is 17.5 Å². The van der Waals surface area contributed by atoms with Gasteiger partial charge in [-0.1, -0.05) is 18.2 Å². The maximum atomic E-state index is 14.8. The molecule has 3 aromatic rings. The largest absolute Gasteiger partial charge is 0.385 e. The zero-order valence-electron chi connectivity index (χ0n) is 17.8. The van der Waals surface area contributed by atoms with Crippen LogP contribution in [0.2, 0.25) is 0 Å². The van der Waals surface area contributed by atoms with E-state index < -0.39 is 11.6 Å². The van der Waals surface area contributed by atoms with Gasteiger partial charge in [0.05, 0.1) is 11.6 Å². The molecule has 4 rings (SSSR count). The molecule has 10 heteroatoms. The fourth-order valence-electron chi connectivity index (χ4n) is 3.50. The Kier molecular flexibility index (Phi) is 5.95. The van der Waals surface area contributed by atoms with Crippen LogP contribution in [0.15, 0.2) is 52.6 Å². The van der Waals surface area contributed by atoms with Crippen LogP contribution in [0.4, 0.5) is 10.2 Å². The van der Waals surface area contributed by atoms with Crippen LogP contribution in [0.5, 0.6) is 0 Å². The van der Waals surface area contributed by atoms with Gasteiger partial charge in [0.1, 0.15) is 11.4 Å². The zero-order chi connectivity index (χ0) is 23.5. The van der Waals surface area contributed by atoms with Crippen molar-refractivity contribution in [2.24, 2.45) is 5.11 Å². The van der Waals surface area contributed by atoms with Crippen molar-refractivity contribution in [1.82, 2.24) is 19.9 Å². The van der Waals surface area contributed by atoms with Crippen LogP contribution in [0.3, 0.4) is 0 Å². The molecule has 1 aliphatic rings. The van der Waals surface area contributed by atoms with Gasteiger partial charge in [-0.15, -0.1) is 0 Å². The number of pyridine rings is 1. The molecule has 0 amide bonds. The summed E-state index contributed by atoms with van der Waals surface area (Å²) in [5, 5.41) is 15.6. The van der Waals surface area contributed by atoms with Crippen LogP contribution >= 0.6 is 0 Å². The molecular weight excluding hydrogens is 423 g/mol. The first-order valence-corrected chi connectivity index (χ1v) is 10.3. The Morgan fingerprint density at radius 2 is 2.18 bits per heavy atom. The molecule has 0 aliphatic heterocycles. The van der Waals surface area contributed by atoms with Crippen molar-refractivity contribution in [2.75, 3.05) is 5.73 Å². The van der Waals surface area contributed by atoms with Gasteiger partial charge in [0.25, 0.3) is 5.56 Å². The van der Waals surface area contributed by atoms with Crippen LogP contribution in [-0.2, 0) is 6.54 Å². The first-order chi connectivity index (χ1) is 15.9. The summed E-state index contributed by atoms with van der Waals surface area (Å²) in [6.07, 6.45) is 5.07. The molecular formula is C23H21FN8O. The molecule has 0 atom stereocenters. The quantitative estimate of drug-likeness (QED) is 0.474. The number of hydrogen-bond donors (Lipinski definition) is 3. The second kappa shape index (κ2) is 9.00. The lowest BCUT2D eigenvalue weighted by Crippen LogP contribution is -2.24. The second-order valence-electron chi connectivity index (χ2n) is 7.68. The van der Waals surface area contributed by atoms with E-state index >= 15 is 0 Å². The van der Waals surface area contributed by atoms with Gasteiger partial charge in [-0.05, 0) is 37.5 Å². The predicted molar refractivity (Wildman–Crippen MR) is 120 cm³/mol. The highest BCUT2D eigenvalue weighted by Gasteiger charge is 2.24. The molecule has 1 aliphatic carbocycles. The minimum absolute atomic E-state index is 0.0853. The van der Waals surface area contributed by atoms with Gasteiger partial charge in [-0.3, -0.25) is 4.79 Å². The molecule has 33 heavy (non-hydrogen) atoms. The Labute approximate surface area is 188 Å². The number of aromatic nitrogens is 3. The molecule has 9 nitrogen and oxygen atoms in total. The Hall–Kier alpha value is -4.39. The van der Waals surface area contributed by atoms with Gasteiger partial charge >= 0.3 is 0 Å². The van der Waals surface area contributed by atoms with Crippen molar-refractivity contribution >= 4 is 11.5 Å². The van der Waals surface area contributed by atoms with Crippen LogP contribution in [0.25, 0.3) is 17.1 Å². The van der Waals surface area contributed by atoms with Gasteiger partial charge in [-0.2, -0.15) is 10.4 Å². The van der Waals surface area contributed by atoms with Crippen LogP contribution < -0.4 is 16.6 Å². The summed E-state index contributed by atoms with van der Waals surface area (Å²) in [5.74, 6) is -1.20. The summed E-state index contributed by atoms with van der Waals surface area (Å²) >= 11 is 0. The van der Waals surface area contributed by atoms with Crippen molar-refractivity contribution in [3.05, 3.63) is 81.3 Å². The molecule has 0 radical (unpaired) electrons. The summed E-state index contributed by atoms with van der Waals surface area (Å²) in [6, 6.07) is 10.9. The number of hydrogen-bond acceptors (Lipinski definition) is 8. The maximum absolute atomic E-state index is 14.8. The van der Waals surface area contributed by atoms with E-state index in [1.807, 2.05) is 6.07 Å². The summed E-state index contributed by atoms with van der Waals surface area (Å²) in [7, 11) is 0. The SMILES string of the molecule is Cc1c(C#N)cccc1-c1nc(N)c(F)c(/C(=C/NCc2cccn(C3CC3)c2=O)N=N)n1. The normalized spacial score (nSPS) is 13.4. The zero-order valence-corrected chi connectivity index (χ0v) is 17.8. The Bertz CT molecular complexity index is 1370. The number of halogens is 1. The van der Waals surface area contributed by atoms with E-state index in [9.17, 15) is 14.4 Å². The third kappa shape index (κ3) is 4.34.